The number of carbonyl (C=O) groups is 1. The maximum absolute atomic E-state index is 11.1. The van der Waals surface area contributed by atoms with Gasteiger partial charge < -0.3 is 9.47 Å². The second-order valence-corrected chi connectivity index (χ2v) is 4.30. The molecule has 0 N–H and O–H groups in total. The summed E-state index contributed by atoms with van der Waals surface area (Å²) >= 11 is 8.69. The van der Waals surface area contributed by atoms with E-state index < -0.39 is 5.24 Å². The van der Waals surface area contributed by atoms with Crippen molar-refractivity contribution in [3.63, 3.8) is 0 Å². The fraction of sp³-hybridized carbons (Fsp3) is 0.364. The van der Waals surface area contributed by atoms with E-state index in [4.69, 9.17) is 21.1 Å². The molecule has 0 saturated carbocycles. The lowest BCUT2D eigenvalue weighted by Gasteiger charge is -2.11. The third-order valence-corrected chi connectivity index (χ3v) is 2.79. The van der Waals surface area contributed by atoms with Crippen LogP contribution in [0.4, 0.5) is 0 Å². The third kappa shape index (κ3) is 3.12. The second kappa shape index (κ2) is 6.11. The minimum atomic E-state index is -0.535. The number of carbonyl (C=O) groups excluding carboxylic acids is 1. The van der Waals surface area contributed by atoms with Crippen molar-refractivity contribution in [1.29, 1.82) is 0 Å². The summed E-state index contributed by atoms with van der Waals surface area (Å²) in [4.78, 5) is 11.1. The first-order valence-corrected chi connectivity index (χ1v) is 5.97. The van der Waals surface area contributed by atoms with Gasteiger partial charge in [-0.05, 0) is 46.1 Å². The Labute approximate surface area is 108 Å². The average molecular weight is 308 g/mol. The Balaban J connectivity index is 3.10. The second-order valence-electron chi connectivity index (χ2n) is 3.11. The minimum absolute atomic E-state index is 0.363. The van der Waals surface area contributed by atoms with E-state index in [1.165, 1.54) is 7.11 Å². The summed E-state index contributed by atoms with van der Waals surface area (Å²) < 4.78 is 11.2. The number of hydrogen-bond donors (Lipinski definition) is 0. The van der Waals surface area contributed by atoms with Crippen LogP contribution in [-0.4, -0.2) is 19.0 Å². The van der Waals surface area contributed by atoms with Crippen molar-refractivity contribution >= 4 is 32.8 Å². The van der Waals surface area contributed by atoms with Crippen LogP contribution in [0.1, 0.15) is 23.7 Å². The number of halogens is 2. The van der Waals surface area contributed by atoms with Crippen LogP contribution in [-0.2, 0) is 0 Å². The number of methoxy groups -OCH3 is 1. The van der Waals surface area contributed by atoms with Gasteiger partial charge in [0, 0.05) is 4.47 Å². The third-order valence-electron chi connectivity index (χ3n) is 1.93. The number of rotatable bonds is 5. The molecule has 0 saturated heterocycles. The van der Waals surface area contributed by atoms with Crippen LogP contribution in [0.25, 0.3) is 0 Å². The van der Waals surface area contributed by atoms with E-state index in [0.29, 0.717) is 28.1 Å². The summed E-state index contributed by atoms with van der Waals surface area (Å²) in [6, 6.07) is 3.24. The molecular formula is C11H12BrClO3. The fourth-order valence-electron chi connectivity index (χ4n) is 1.17. The molecule has 0 radical (unpaired) electrons. The van der Waals surface area contributed by atoms with Gasteiger partial charge in [0.15, 0.2) is 11.5 Å². The standard InChI is InChI=1S/C11H12BrClO3/c1-3-4-16-10-6-8(12)7(11(13)14)5-9(10)15-2/h5-6H,3-4H2,1-2H3. The summed E-state index contributed by atoms with van der Waals surface area (Å²) in [5.41, 5.74) is 0.363. The molecule has 1 rings (SSSR count). The molecule has 0 bridgehead atoms. The van der Waals surface area contributed by atoms with Gasteiger partial charge in [0.05, 0.1) is 19.3 Å². The molecule has 0 amide bonds. The number of ether oxygens (including phenoxy) is 2. The molecule has 0 spiro atoms. The van der Waals surface area contributed by atoms with Crippen molar-refractivity contribution in [2.24, 2.45) is 0 Å². The lowest BCUT2D eigenvalue weighted by atomic mass is 10.2. The zero-order valence-corrected chi connectivity index (χ0v) is 11.4. The Bertz CT molecular complexity index is 393. The first-order chi connectivity index (χ1) is 7.60. The van der Waals surface area contributed by atoms with Gasteiger partial charge in [-0.1, -0.05) is 6.92 Å². The first kappa shape index (κ1) is 13.3. The highest BCUT2D eigenvalue weighted by Gasteiger charge is 2.14. The quantitative estimate of drug-likeness (QED) is 0.779. The molecule has 0 unspecified atom stereocenters. The van der Waals surface area contributed by atoms with Gasteiger partial charge in [-0.2, -0.15) is 0 Å². The van der Waals surface area contributed by atoms with Gasteiger partial charge in [-0.3, -0.25) is 4.79 Å². The van der Waals surface area contributed by atoms with Crippen LogP contribution in [0, 0.1) is 0 Å². The molecule has 1 aromatic rings. The molecule has 3 nitrogen and oxygen atoms in total. The highest BCUT2D eigenvalue weighted by molar-refractivity contribution is 9.10. The molecule has 0 heterocycles. The molecule has 0 aliphatic heterocycles. The van der Waals surface area contributed by atoms with E-state index in [-0.39, 0.29) is 0 Å². The van der Waals surface area contributed by atoms with E-state index >= 15 is 0 Å². The van der Waals surface area contributed by atoms with E-state index in [1.807, 2.05) is 6.92 Å². The first-order valence-electron chi connectivity index (χ1n) is 4.80. The topological polar surface area (TPSA) is 35.5 Å². The van der Waals surface area contributed by atoms with Crippen LogP contribution in [0.2, 0.25) is 0 Å². The normalized spacial score (nSPS) is 10.0. The molecule has 5 heteroatoms. The monoisotopic (exact) mass is 306 g/mol. The Kier molecular flexibility index (Phi) is 5.09. The van der Waals surface area contributed by atoms with Crippen LogP contribution in [0.3, 0.4) is 0 Å². The van der Waals surface area contributed by atoms with Gasteiger partial charge >= 0.3 is 0 Å². The van der Waals surface area contributed by atoms with Gasteiger partial charge in [-0.15, -0.1) is 0 Å². The molecule has 0 atom stereocenters. The predicted octanol–water partition coefficient (Wildman–Crippen LogP) is 3.63. The van der Waals surface area contributed by atoms with Crippen LogP contribution >= 0.6 is 27.5 Å². The van der Waals surface area contributed by atoms with Gasteiger partial charge in [0.1, 0.15) is 0 Å². The Morgan fingerprint density at radius 3 is 2.62 bits per heavy atom. The Morgan fingerprint density at radius 2 is 2.12 bits per heavy atom. The zero-order chi connectivity index (χ0) is 12.1. The summed E-state index contributed by atoms with van der Waals surface area (Å²) in [5.74, 6) is 1.10. The minimum Gasteiger partial charge on any atom is -0.493 e. The van der Waals surface area contributed by atoms with Crippen molar-refractivity contribution in [2.45, 2.75) is 13.3 Å². The Morgan fingerprint density at radius 1 is 1.44 bits per heavy atom. The molecule has 1 aromatic carbocycles. The molecule has 16 heavy (non-hydrogen) atoms. The molecule has 0 aliphatic carbocycles. The lowest BCUT2D eigenvalue weighted by Crippen LogP contribution is -2.00. The largest absolute Gasteiger partial charge is 0.493 e. The summed E-state index contributed by atoms with van der Waals surface area (Å²) in [6.45, 7) is 2.61. The lowest BCUT2D eigenvalue weighted by molar-refractivity contribution is 0.108. The zero-order valence-electron chi connectivity index (χ0n) is 9.05. The van der Waals surface area contributed by atoms with Crippen molar-refractivity contribution in [3.05, 3.63) is 22.2 Å². The highest BCUT2D eigenvalue weighted by Crippen LogP contribution is 2.34. The smallest absolute Gasteiger partial charge is 0.253 e. The van der Waals surface area contributed by atoms with Crippen LogP contribution in [0.15, 0.2) is 16.6 Å². The van der Waals surface area contributed by atoms with Crippen molar-refractivity contribution < 1.29 is 14.3 Å². The highest BCUT2D eigenvalue weighted by atomic mass is 79.9. The van der Waals surface area contributed by atoms with E-state index in [1.54, 1.807) is 12.1 Å². The van der Waals surface area contributed by atoms with Crippen molar-refractivity contribution in [3.8, 4) is 11.5 Å². The Hall–Kier alpha value is -0.740. The molecule has 0 fully saturated rings. The average Bonchev–Trinajstić information content (AvgIpc) is 2.25. The van der Waals surface area contributed by atoms with E-state index in [2.05, 4.69) is 15.9 Å². The summed E-state index contributed by atoms with van der Waals surface area (Å²) in [6.07, 6.45) is 0.900. The summed E-state index contributed by atoms with van der Waals surface area (Å²) in [7, 11) is 1.52. The maximum Gasteiger partial charge on any atom is 0.253 e. The SMILES string of the molecule is CCCOc1cc(Br)c(C(=O)Cl)cc1OC. The maximum atomic E-state index is 11.1. The van der Waals surface area contributed by atoms with Gasteiger partial charge in [-0.25, -0.2) is 0 Å². The fourth-order valence-corrected chi connectivity index (χ4v) is 1.94. The van der Waals surface area contributed by atoms with Crippen molar-refractivity contribution in [1.82, 2.24) is 0 Å². The summed E-state index contributed by atoms with van der Waals surface area (Å²) in [5, 5.41) is -0.535. The van der Waals surface area contributed by atoms with E-state index in [9.17, 15) is 4.79 Å². The van der Waals surface area contributed by atoms with Gasteiger partial charge in [0.25, 0.3) is 5.24 Å². The molecular weight excluding hydrogens is 295 g/mol. The predicted molar refractivity (Wildman–Crippen MR) is 66.7 cm³/mol. The number of hydrogen-bond acceptors (Lipinski definition) is 3. The van der Waals surface area contributed by atoms with Crippen LogP contribution in [0.5, 0.6) is 11.5 Å². The number of benzene rings is 1. The molecule has 88 valence electrons. The molecule has 0 aromatic heterocycles. The van der Waals surface area contributed by atoms with Crippen LogP contribution < -0.4 is 9.47 Å². The molecule has 0 aliphatic rings. The van der Waals surface area contributed by atoms with E-state index in [0.717, 1.165) is 6.42 Å². The van der Waals surface area contributed by atoms with Gasteiger partial charge in [0.2, 0.25) is 0 Å². The van der Waals surface area contributed by atoms with Crippen molar-refractivity contribution in [2.75, 3.05) is 13.7 Å².